The van der Waals surface area contributed by atoms with Gasteiger partial charge >= 0.3 is 0 Å². The maximum Gasteiger partial charge on any atom is 0.237 e. The average Bonchev–Trinajstić information content (AvgIpc) is 2.63. The molecule has 6 nitrogen and oxygen atoms in total. The van der Waals surface area contributed by atoms with Gasteiger partial charge in [-0.2, -0.15) is 0 Å². The Labute approximate surface area is 148 Å². The van der Waals surface area contributed by atoms with E-state index < -0.39 is 28.6 Å². The van der Waals surface area contributed by atoms with Crippen LogP contribution in [0.3, 0.4) is 0 Å². The van der Waals surface area contributed by atoms with E-state index >= 15 is 0 Å². The summed E-state index contributed by atoms with van der Waals surface area (Å²) in [6.07, 6.45) is 1.97. The van der Waals surface area contributed by atoms with Crippen LogP contribution in [0.5, 0.6) is 0 Å². The number of amides is 1. The standard InChI is InChI=1S/C18H17F2N3O3/c19-12-4-5-15(20)14(11-12)18-16(23(25)26)6-7-17(24)22(18)10-8-13-3-1-2-9-21-13/h1-5,9,11,16,18H,6-8,10H2/t16-,18+/m0/s1. The van der Waals surface area contributed by atoms with Gasteiger partial charge < -0.3 is 4.90 Å². The Bertz CT molecular complexity index is 817. The second-order valence-corrected chi connectivity index (χ2v) is 6.16. The predicted molar refractivity (Wildman–Crippen MR) is 88.8 cm³/mol. The quantitative estimate of drug-likeness (QED) is 0.606. The van der Waals surface area contributed by atoms with E-state index in [4.69, 9.17) is 0 Å². The SMILES string of the molecule is O=C1CC[C@H]([N+](=O)[O-])[C@@H](c2cc(F)ccc2F)N1CCc1ccccn1. The van der Waals surface area contributed by atoms with Crippen LogP contribution in [-0.4, -0.2) is 33.3 Å². The highest BCUT2D eigenvalue weighted by atomic mass is 19.1. The molecule has 1 aromatic carbocycles. The van der Waals surface area contributed by atoms with Crippen molar-refractivity contribution in [3.8, 4) is 0 Å². The van der Waals surface area contributed by atoms with E-state index in [1.807, 2.05) is 0 Å². The summed E-state index contributed by atoms with van der Waals surface area (Å²) >= 11 is 0. The molecule has 1 saturated heterocycles. The van der Waals surface area contributed by atoms with E-state index in [9.17, 15) is 23.7 Å². The lowest BCUT2D eigenvalue weighted by Crippen LogP contribution is -2.49. The summed E-state index contributed by atoms with van der Waals surface area (Å²) in [7, 11) is 0. The number of hydrogen-bond acceptors (Lipinski definition) is 4. The number of benzene rings is 1. The molecule has 1 amide bonds. The van der Waals surface area contributed by atoms with E-state index in [1.165, 1.54) is 4.90 Å². The molecule has 1 aliphatic heterocycles. The molecule has 8 heteroatoms. The van der Waals surface area contributed by atoms with Crippen LogP contribution in [0, 0.1) is 21.7 Å². The Morgan fingerprint density at radius 2 is 2.08 bits per heavy atom. The van der Waals surface area contributed by atoms with Crippen molar-refractivity contribution in [3.05, 3.63) is 75.6 Å². The molecule has 0 spiro atoms. The number of halogens is 2. The fraction of sp³-hybridized carbons (Fsp3) is 0.333. The molecule has 0 unspecified atom stereocenters. The zero-order valence-electron chi connectivity index (χ0n) is 13.8. The van der Waals surface area contributed by atoms with Crippen LogP contribution in [0.2, 0.25) is 0 Å². The molecule has 2 heterocycles. The Morgan fingerprint density at radius 1 is 1.27 bits per heavy atom. The van der Waals surface area contributed by atoms with Crippen molar-refractivity contribution in [1.29, 1.82) is 0 Å². The number of nitrogens with zero attached hydrogens (tertiary/aromatic N) is 3. The molecule has 3 rings (SSSR count). The van der Waals surface area contributed by atoms with Crippen molar-refractivity contribution < 1.29 is 18.5 Å². The van der Waals surface area contributed by atoms with Crippen LogP contribution < -0.4 is 0 Å². The summed E-state index contributed by atoms with van der Waals surface area (Å²) in [5, 5.41) is 11.5. The first-order chi connectivity index (χ1) is 12.5. The van der Waals surface area contributed by atoms with E-state index in [-0.39, 0.29) is 30.9 Å². The molecule has 1 aromatic heterocycles. The second-order valence-electron chi connectivity index (χ2n) is 6.16. The smallest absolute Gasteiger partial charge is 0.237 e. The first-order valence-corrected chi connectivity index (χ1v) is 8.25. The van der Waals surface area contributed by atoms with Crippen LogP contribution in [0.15, 0.2) is 42.6 Å². The van der Waals surface area contributed by atoms with Crippen molar-refractivity contribution in [2.75, 3.05) is 6.54 Å². The minimum Gasteiger partial charge on any atom is -0.328 e. The van der Waals surface area contributed by atoms with Crippen LogP contribution in [0.1, 0.15) is 30.1 Å². The van der Waals surface area contributed by atoms with Crippen LogP contribution in [-0.2, 0) is 11.2 Å². The Hall–Kier alpha value is -2.90. The number of nitro groups is 1. The van der Waals surface area contributed by atoms with Gasteiger partial charge in [0.25, 0.3) is 0 Å². The first kappa shape index (κ1) is 17.9. The zero-order valence-corrected chi connectivity index (χ0v) is 13.8. The van der Waals surface area contributed by atoms with Crippen molar-refractivity contribution in [2.24, 2.45) is 0 Å². The molecule has 0 N–H and O–H groups in total. The van der Waals surface area contributed by atoms with Gasteiger partial charge in [0.2, 0.25) is 11.9 Å². The molecule has 136 valence electrons. The van der Waals surface area contributed by atoms with Gasteiger partial charge in [-0.05, 0) is 30.3 Å². The molecule has 0 aliphatic carbocycles. The molecule has 2 aromatic rings. The number of hydrogen-bond donors (Lipinski definition) is 0. The van der Waals surface area contributed by atoms with E-state index in [0.29, 0.717) is 12.1 Å². The molecule has 1 fully saturated rings. The number of carbonyl (C=O) groups is 1. The Morgan fingerprint density at radius 3 is 2.77 bits per heavy atom. The minimum absolute atomic E-state index is 0.00129. The molecule has 0 saturated carbocycles. The van der Waals surface area contributed by atoms with Gasteiger partial charge in [0.05, 0.1) is 0 Å². The number of pyridine rings is 1. The molecular formula is C18H17F2N3O3. The third-order valence-electron chi connectivity index (χ3n) is 4.56. The van der Waals surface area contributed by atoms with Gasteiger partial charge in [0.15, 0.2) is 0 Å². The summed E-state index contributed by atoms with van der Waals surface area (Å²) < 4.78 is 28.0. The van der Waals surface area contributed by atoms with Crippen LogP contribution in [0.4, 0.5) is 8.78 Å². The monoisotopic (exact) mass is 361 g/mol. The highest BCUT2D eigenvalue weighted by Gasteiger charge is 2.44. The molecule has 0 radical (unpaired) electrons. The third-order valence-corrected chi connectivity index (χ3v) is 4.56. The fourth-order valence-corrected chi connectivity index (χ4v) is 3.32. The van der Waals surface area contributed by atoms with E-state index in [2.05, 4.69) is 4.98 Å². The maximum absolute atomic E-state index is 14.3. The highest BCUT2D eigenvalue weighted by Crippen LogP contribution is 2.35. The number of likely N-dealkylation sites (tertiary alicyclic amines) is 1. The second kappa shape index (κ2) is 7.55. The number of rotatable bonds is 5. The summed E-state index contributed by atoms with van der Waals surface area (Å²) in [5.74, 6) is -1.78. The van der Waals surface area contributed by atoms with Crippen LogP contribution >= 0.6 is 0 Å². The van der Waals surface area contributed by atoms with Gasteiger partial charge in [-0.1, -0.05) is 6.07 Å². The average molecular weight is 361 g/mol. The maximum atomic E-state index is 14.3. The molecule has 1 aliphatic rings. The van der Waals surface area contributed by atoms with Crippen molar-refractivity contribution in [2.45, 2.75) is 31.3 Å². The Balaban J connectivity index is 1.95. The molecular weight excluding hydrogens is 344 g/mol. The van der Waals surface area contributed by atoms with E-state index in [1.54, 1.807) is 24.4 Å². The Kier molecular flexibility index (Phi) is 5.20. The van der Waals surface area contributed by atoms with Gasteiger partial charge in [0, 0.05) is 48.2 Å². The first-order valence-electron chi connectivity index (χ1n) is 8.25. The predicted octanol–water partition coefficient (Wildman–Crippen LogP) is 2.91. The van der Waals surface area contributed by atoms with Crippen molar-refractivity contribution in [3.63, 3.8) is 0 Å². The number of aromatic nitrogens is 1. The lowest BCUT2D eigenvalue weighted by molar-refractivity contribution is -0.533. The summed E-state index contributed by atoms with van der Waals surface area (Å²) in [4.78, 5) is 28.9. The van der Waals surface area contributed by atoms with Crippen LogP contribution in [0.25, 0.3) is 0 Å². The van der Waals surface area contributed by atoms with E-state index in [0.717, 1.165) is 18.2 Å². The zero-order chi connectivity index (χ0) is 18.7. The van der Waals surface area contributed by atoms with Crippen molar-refractivity contribution in [1.82, 2.24) is 9.88 Å². The lowest BCUT2D eigenvalue weighted by Gasteiger charge is -2.37. The van der Waals surface area contributed by atoms with Gasteiger partial charge in [-0.25, -0.2) is 8.78 Å². The van der Waals surface area contributed by atoms with Crippen molar-refractivity contribution >= 4 is 5.91 Å². The third kappa shape index (κ3) is 3.68. The topological polar surface area (TPSA) is 76.3 Å². The summed E-state index contributed by atoms with van der Waals surface area (Å²) in [6, 6.07) is 5.80. The van der Waals surface area contributed by atoms with Gasteiger partial charge in [-0.15, -0.1) is 0 Å². The number of carbonyl (C=O) groups excluding carboxylic acids is 1. The summed E-state index contributed by atoms with van der Waals surface area (Å²) in [6.45, 7) is 0.140. The van der Waals surface area contributed by atoms with Gasteiger partial charge in [-0.3, -0.25) is 19.9 Å². The van der Waals surface area contributed by atoms with Gasteiger partial charge in [0.1, 0.15) is 17.7 Å². The fourth-order valence-electron chi connectivity index (χ4n) is 3.32. The molecule has 2 atom stereocenters. The molecule has 0 bridgehead atoms. The molecule has 26 heavy (non-hydrogen) atoms. The minimum atomic E-state index is -1.19. The highest BCUT2D eigenvalue weighted by molar-refractivity contribution is 5.78. The number of piperidine rings is 1. The normalized spacial score (nSPS) is 20.2. The largest absolute Gasteiger partial charge is 0.328 e. The summed E-state index contributed by atoms with van der Waals surface area (Å²) in [5.41, 5.74) is 0.544. The lowest BCUT2D eigenvalue weighted by atomic mass is 9.89.